The Morgan fingerprint density at radius 3 is 3.12 bits per heavy atom. The molecular formula is C13H16BrNO2. The van der Waals surface area contributed by atoms with Crippen molar-refractivity contribution >= 4 is 15.9 Å². The molecule has 0 aliphatic carbocycles. The van der Waals surface area contributed by atoms with Crippen LogP contribution in [0.3, 0.4) is 0 Å². The quantitative estimate of drug-likeness (QED) is 0.910. The Bertz CT molecular complexity index is 442. The zero-order valence-corrected chi connectivity index (χ0v) is 11.5. The number of fused-ring (bicyclic) bond motifs is 1. The molecule has 0 radical (unpaired) electrons. The number of halogens is 1. The molecule has 17 heavy (non-hydrogen) atoms. The summed E-state index contributed by atoms with van der Waals surface area (Å²) >= 11 is 3.61. The normalized spacial score (nSPS) is 22.1. The molecule has 1 atom stereocenters. The second-order valence-electron chi connectivity index (χ2n) is 4.77. The molecule has 1 saturated heterocycles. The van der Waals surface area contributed by atoms with Crippen LogP contribution in [0.5, 0.6) is 11.5 Å². The van der Waals surface area contributed by atoms with E-state index in [1.165, 1.54) is 17.5 Å². The van der Waals surface area contributed by atoms with Gasteiger partial charge in [-0.3, -0.25) is 0 Å². The molecule has 2 aliphatic rings. The molecule has 1 unspecified atom stereocenters. The van der Waals surface area contributed by atoms with Crippen LogP contribution in [0.2, 0.25) is 0 Å². The van der Waals surface area contributed by atoms with Crippen molar-refractivity contribution in [2.75, 3.05) is 19.9 Å². The Hall–Kier alpha value is -0.740. The Morgan fingerprint density at radius 2 is 2.35 bits per heavy atom. The molecule has 0 saturated carbocycles. The summed E-state index contributed by atoms with van der Waals surface area (Å²) < 4.78 is 12.0. The lowest BCUT2D eigenvalue weighted by molar-refractivity contribution is 0.173. The van der Waals surface area contributed by atoms with Gasteiger partial charge in [-0.1, -0.05) is 0 Å². The van der Waals surface area contributed by atoms with Gasteiger partial charge in [0.15, 0.2) is 11.5 Å². The number of benzene rings is 1. The van der Waals surface area contributed by atoms with E-state index in [0.717, 1.165) is 41.4 Å². The van der Waals surface area contributed by atoms with Gasteiger partial charge < -0.3 is 14.8 Å². The van der Waals surface area contributed by atoms with Gasteiger partial charge in [-0.15, -0.1) is 0 Å². The van der Waals surface area contributed by atoms with Gasteiger partial charge in [0.1, 0.15) is 0 Å². The minimum Gasteiger partial charge on any atom is -0.454 e. The summed E-state index contributed by atoms with van der Waals surface area (Å²) in [6.07, 6.45) is 2.39. The van der Waals surface area contributed by atoms with Crippen LogP contribution in [0.1, 0.15) is 17.5 Å². The largest absolute Gasteiger partial charge is 0.454 e. The third kappa shape index (κ3) is 2.04. The van der Waals surface area contributed by atoms with Crippen molar-refractivity contribution in [2.24, 2.45) is 5.92 Å². The molecule has 1 aromatic rings. The minimum atomic E-state index is 0.335. The van der Waals surface area contributed by atoms with E-state index in [1.807, 2.05) is 0 Å². The average Bonchev–Trinajstić information content (AvgIpc) is 2.96. The molecule has 92 valence electrons. The van der Waals surface area contributed by atoms with Crippen LogP contribution in [-0.2, 0) is 6.42 Å². The van der Waals surface area contributed by atoms with Crippen LogP contribution in [0.4, 0.5) is 0 Å². The maximum Gasteiger partial charge on any atom is 0.231 e. The topological polar surface area (TPSA) is 30.5 Å². The second-order valence-corrected chi connectivity index (χ2v) is 5.56. The van der Waals surface area contributed by atoms with Gasteiger partial charge in [-0.05, 0) is 71.9 Å². The molecule has 0 spiro atoms. The summed E-state index contributed by atoms with van der Waals surface area (Å²) in [4.78, 5) is 0. The zero-order valence-electron chi connectivity index (χ0n) is 9.88. The van der Waals surface area contributed by atoms with E-state index in [-0.39, 0.29) is 0 Å². The lowest BCUT2D eigenvalue weighted by Gasteiger charge is -2.13. The van der Waals surface area contributed by atoms with Crippen LogP contribution in [-0.4, -0.2) is 19.9 Å². The van der Waals surface area contributed by atoms with Crippen molar-refractivity contribution in [3.05, 3.63) is 21.7 Å². The van der Waals surface area contributed by atoms with Gasteiger partial charge in [0, 0.05) is 0 Å². The predicted molar refractivity (Wildman–Crippen MR) is 69.7 cm³/mol. The number of nitrogens with one attached hydrogen (secondary N) is 1. The fourth-order valence-corrected chi connectivity index (χ4v) is 3.12. The highest BCUT2D eigenvalue weighted by atomic mass is 79.9. The van der Waals surface area contributed by atoms with E-state index in [1.54, 1.807) is 0 Å². The Labute approximate surface area is 110 Å². The van der Waals surface area contributed by atoms with Crippen molar-refractivity contribution in [1.82, 2.24) is 5.32 Å². The van der Waals surface area contributed by atoms with Crippen LogP contribution >= 0.6 is 15.9 Å². The summed E-state index contributed by atoms with van der Waals surface area (Å²) in [7, 11) is 0. The van der Waals surface area contributed by atoms with Crippen LogP contribution in [0, 0.1) is 12.8 Å². The number of rotatable bonds is 2. The first-order valence-corrected chi connectivity index (χ1v) is 6.83. The lowest BCUT2D eigenvalue weighted by atomic mass is 9.95. The molecule has 4 heteroatoms. The van der Waals surface area contributed by atoms with Gasteiger partial charge in [0.2, 0.25) is 6.79 Å². The third-order valence-corrected chi connectivity index (χ3v) is 4.58. The predicted octanol–water partition coefficient (Wildman–Crippen LogP) is 2.64. The Morgan fingerprint density at radius 1 is 1.47 bits per heavy atom. The Kier molecular flexibility index (Phi) is 3.01. The van der Waals surface area contributed by atoms with Crippen molar-refractivity contribution in [3.63, 3.8) is 0 Å². The molecule has 1 aromatic carbocycles. The van der Waals surface area contributed by atoms with Gasteiger partial charge in [0.25, 0.3) is 0 Å². The van der Waals surface area contributed by atoms with Crippen LogP contribution < -0.4 is 14.8 Å². The first-order valence-electron chi connectivity index (χ1n) is 6.04. The van der Waals surface area contributed by atoms with Gasteiger partial charge in [-0.25, -0.2) is 0 Å². The summed E-state index contributed by atoms with van der Waals surface area (Å²) in [5, 5.41) is 3.41. The molecule has 2 heterocycles. The van der Waals surface area contributed by atoms with E-state index in [0.29, 0.717) is 6.79 Å². The van der Waals surface area contributed by atoms with Crippen LogP contribution in [0.15, 0.2) is 10.5 Å². The molecule has 0 bridgehead atoms. The van der Waals surface area contributed by atoms with Gasteiger partial charge >= 0.3 is 0 Å². The van der Waals surface area contributed by atoms with Gasteiger partial charge in [0.05, 0.1) is 4.47 Å². The highest BCUT2D eigenvalue weighted by Crippen LogP contribution is 2.43. The Balaban J connectivity index is 1.91. The second kappa shape index (κ2) is 4.50. The van der Waals surface area contributed by atoms with Gasteiger partial charge in [-0.2, -0.15) is 0 Å². The summed E-state index contributed by atoms with van der Waals surface area (Å²) in [6.45, 7) is 4.76. The molecular weight excluding hydrogens is 282 g/mol. The van der Waals surface area contributed by atoms with E-state index in [4.69, 9.17) is 9.47 Å². The highest BCUT2D eigenvalue weighted by molar-refractivity contribution is 9.10. The third-order valence-electron chi connectivity index (χ3n) is 3.63. The molecule has 1 fully saturated rings. The van der Waals surface area contributed by atoms with Crippen molar-refractivity contribution < 1.29 is 9.47 Å². The lowest BCUT2D eigenvalue weighted by Crippen LogP contribution is -2.11. The molecule has 0 aromatic heterocycles. The number of hydrogen-bond acceptors (Lipinski definition) is 3. The molecule has 2 aliphatic heterocycles. The van der Waals surface area contributed by atoms with E-state index in [2.05, 4.69) is 34.2 Å². The number of hydrogen-bond donors (Lipinski definition) is 1. The highest BCUT2D eigenvalue weighted by Gasteiger charge is 2.23. The smallest absolute Gasteiger partial charge is 0.231 e. The molecule has 3 rings (SSSR count). The van der Waals surface area contributed by atoms with Crippen LogP contribution in [0.25, 0.3) is 0 Å². The maximum atomic E-state index is 5.47. The van der Waals surface area contributed by atoms with E-state index >= 15 is 0 Å². The standard InChI is InChI=1S/C13H16BrNO2/c1-8-10(4-9-2-3-15-6-9)5-11-13(12(8)14)17-7-16-11/h5,9,15H,2-4,6-7H2,1H3. The summed E-state index contributed by atoms with van der Waals surface area (Å²) in [6, 6.07) is 2.14. The summed E-state index contributed by atoms with van der Waals surface area (Å²) in [5.41, 5.74) is 2.65. The minimum absolute atomic E-state index is 0.335. The number of ether oxygens (including phenoxy) is 2. The summed E-state index contributed by atoms with van der Waals surface area (Å²) in [5.74, 6) is 2.49. The average molecular weight is 298 g/mol. The molecule has 3 nitrogen and oxygen atoms in total. The maximum absolute atomic E-state index is 5.47. The fraction of sp³-hybridized carbons (Fsp3) is 0.538. The van der Waals surface area contributed by atoms with Crippen molar-refractivity contribution in [2.45, 2.75) is 19.8 Å². The van der Waals surface area contributed by atoms with Crippen molar-refractivity contribution in [3.8, 4) is 11.5 Å². The first kappa shape index (κ1) is 11.4. The SMILES string of the molecule is Cc1c(CC2CCNC2)cc2c(c1Br)OCO2. The molecule has 1 N–H and O–H groups in total. The fourth-order valence-electron chi connectivity index (χ4n) is 2.56. The van der Waals surface area contributed by atoms with E-state index < -0.39 is 0 Å². The van der Waals surface area contributed by atoms with Crippen molar-refractivity contribution in [1.29, 1.82) is 0 Å². The van der Waals surface area contributed by atoms with E-state index in [9.17, 15) is 0 Å². The first-order chi connectivity index (χ1) is 8.25. The molecule has 0 amide bonds. The monoisotopic (exact) mass is 297 g/mol. The zero-order chi connectivity index (χ0) is 11.8.